The lowest BCUT2D eigenvalue weighted by Gasteiger charge is -2.23. The molecular formula is C17H18F2O2. The molecule has 0 saturated carbocycles. The average Bonchev–Trinajstić information content (AvgIpc) is 2.49. The summed E-state index contributed by atoms with van der Waals surface area (Å²) in [4.78, 5) is 0. The zero-order chi connectivity index (χ0) is 15.2. The largest absolute Gasteiger partial charge is 0.390 e. The molecule has 0 aliphatic rings. The molecule has 0 heterocycles. The number of aliphatic hydroxyl groups excluding tert-OH is 1. The number of hydrogen-bond donors (Lipinski definition) is 1. The fourth-order valence-corrected chi connectivity index (χ4v) is 2.27. The van der Waals surface area contributed by atoms with Crippen LogP contribution >= 0.6 is 0 Å². The van der Waals surface area contributed by atoms with Gasteiger partial charge < -0.3 is 9.84 Å². The number of hydrogen-bond acceptors (Lipinski definition) is 2. The molecule has 0 spiro atoms. The highest BCUT2D eigenvalue weighted by Gasteiger charge is 2.22. The van der Waals surface area contributed by atoms with Gasteiger partial charge in [-0.3, -0.25) is 0 Å². The van der Waals surface area contributed by atoms with Gasteiger partial charge in [0.05, 0.1) is 6.10 Å². The van der Waals surface area contributed by atoms with Crippen molar-refractivity contribution >= 4 is 0 Å². The first-order valence-electron chi connectivity index (χ1n) is 6.90. The third kappa shape index (κ3) is 4.09. The topological polar surface area (TPSA) is 29.5 Å². The summed E-state index contributed by atoms with van der Waals surface area (Å²) in [6.07, 6.45) is -1.14. The first-order chi connectivity index (χ1) is 10.1. The Morgan fingerprint density at radius 1 is 1.05 bits per heavy atom. The lowest BCUT2D eigenvalue weighted by Crippen LogP contribution is -2.24. The van der Waals surface area contributed by atoms with Crippen LogP contribution in [0.2, 0.25) is 0 Å². The van der Waals surface area contributed by atoms with E-state index in [2.05, 4.69) is 0 Å². The van der Waals surface area contributed by atoms with Crippen LogP contribution in [0.15, 0.2) is 48.5 Å². The molecule has 4 heteroatoms. The molecule has 0 saturated heterocycles. The minimum absolute atomic E-state index is 0.191. The molecule has 0 fully saturated rings. The molecule has 2 rings (SSSR count). The van der Waals surface area contributed by atoms with Crippen molar-refractivity contribution in [3.05, 3.63) is 71.3 Å². The molecule has 1 N–H and O–H groups in total. The van der Waals surface area contributed by atoms with Crippen molar-refractivity contribution in [3.8, 4) is 0 Å². The van der Waals surface area contributed by atoms with Gasteiger partial charge in [0.2, 0.25) is 0 Å². The SMILES string of the molecule is CCOC(c1ccccc1)C(O)Cc1ccc(F)c(F)c1. The number of ether oxygens (including phenoxy) is 1. The summed E-state index contributed by atoms with van der Waals surface area (Å²) in [6, 6.07) is 13.0. The Hall–Kier alpha value is -1.78. The van der Waals surface area contributed by atoms with E-state index in [0.717, 1.165) is 17.7 Å². The standard InChI is InChI=1S/C17H18F2O2/c1-2-21-17(13-6-4-3-5-7-13)16(20)11-12-8-9-14(18)15(19)10-12/h3-10,16-17,20H,2,11H2,1H3. The second kappa shape index (κ2) is 7.29. The minimum atomic E-state index is -0.910. The maximum atomic E-state index is 13.2. The zero-order valence-corrected chi connectivity index (χ0v) is 11.8. The molecule has 2 aromatic carbocycles. The first kappa shape index (κ1) is 15.6. The number of halogens is 2. The van der Waals surface area contributed by atoms with Crippen LogP contribution in [0.4, 0.5) is 8.78 Å². The predicted molar refractivity (Wildman–Crippen MR) is 76.9 cm³/mol. The Labute approximate surface area is 123 Å². The smallest absolute Gasteiger partial charge is 0.159 e. The maximum Gasteiger partial charge on any atom is 0.159 e. The fraction of sp³-hybridized carbons (Fsp3) is 0.294. The molecule has 0 aromatic heterocycles. The van der Waals surface area contributed by atoms with Crippen molar-refractivity contribution in [2.75, 3.05) is 6.61 Å². The van der Waals surface area contributed by atoms with Crippen molar-refractivity contribution in [2.45, 2.75) is 25.6 Å². The summed E-state index contributed by atoms with van der Waals surface area (Å²) in [7, 11) is 0. The van der Waals surface area contributed by atoms with E-state index in [4.69, 9.17) is 4.74 Å². The monoisotopic (exact) mass is 292 g/mol. The van der Waals surface area contributed by atoms with Gasteiger partial charge in [0.1, 0.15) is 6.10 Å². The van der Waals surface area contributed by atoms with Gasteiger partial charge in [0, 0.05) is 13.0 Å². The van der Waals surface area contributed by atoms with E-state index in [1.165, 1.54) is 6.07 Å². The van der Waals surface area contributed by atoms with Crippen LogP contribution in [-0.4, -0.2) is 17.8 Å². The Balaban J connectivity index is 2.15. The zero-order valence-electron chi connectivity index (χ0n) is 11.8. The summed E-state index contributed by atoms with van der Waals surface area (Å²) < 4.78 is 31.7. The summed E-state index contributed by atoms with van der Waals surface area (Å²) >= 11 is 0. The van der Waals surface area contributed by atoms with Gasteiger partial charge in [0.15, 0.2) is 11.6 Å². The van der Waals surface area contributed by atoms with Crippen LogP contribution in [0.25, 0.3) is 0 Å². The molecule has 0 radical (unpaired) electrons. The maximum absolute atomic E-state index is 13.2. The number of benzene rings is 2. The highest BCUT2D eigenvalue weighted by molar-refractivity contribution is 5.22. The van der Waals surface area contributed by atoms with E-state index in [-0.39, 0.29) is 6.42 Å². The van der Waals surface area contributed by atoms with Crippen LogP contribution in [-0.2, 0) is 11.2 Å². The van der Waals surface area contributed by atoms with Gasteiger partial charge >= 0.3 is 0 Å². The Morgan fingerprint density at radius 2 is 1.76 bits per heavy atom. The first-order valence-corrected chi connectivity index (χ1v) is 6.90. The molecule has 112 valence electrons. The van der Waals surface area contributed by atoms with E-state index in [0.29, 0.717) is 12.2 Å². The summed E-state index contributed by atoms with van der Waals surface area (Å²) in [5, 5.41) is 10.4. The van der Waals surface area contributed by atoms with E-state index in [1.807, 2.05) is 37.3 Å². The fourth-order valence-electron chi connectivity index (χ4n) is 2.27. The second-order valence-corrected chi connectivity index (χ2v) is 4.81. The summed E-state index contributed by atoms with van der Waals surface area (Å²) in [5.41, 5.74) is 1.39. The quantitative estimate of drug-likeness (QED) is 0.880. The molecular weight excluding hydrogens is 274 g/mol. The van der Waals surface area contributed by atoms with E-state index in [9.17, 15) is 13.9 Å². The van der Waals surface area contributed by atoms with Crippen molar-refractivity contribution in [2.24, 2.45) is 0 Å². The normalized spacial score (nSPS) is 13.9. The Morgan fingerprint density at radius 3 is 2.38 bits per heavy atom. The van der Waals surface area contributed by atoms with Crippen LogP contribution in [0.3, 0.4) is 0 Å². The van der Waals surface area contributed by atoms with Gasteiger partial charge in [-0.05, 0) is 30.2 Å². The third-order valence-corrected chi connectivity index (χ3v) is 3.25. The Bertz CT molecular complexity index is 572. The van der Waals surface area contributed by atoms with Gasteiger partial charge in [-0.25, -0.2) is 8.78 Å². The summed E-state index contributed by atoms with van der Waals surface area (Å²) in [5.74, 6) is -1.80. The molecule has 2 aromatic rings. The molecule has 0 aliphatic heterocycles. The van der Waals surface area contributed by atoms with Gasteiger partial charge in [-0.15, -0.1) is 0 Å². The van der Waals surface area contributed by atoms with Crippen LogP contribution < -0.4 is 0 Å². The molecule has 0 aliphatic carbocycles. The third-order valence-electron chi connectivity index (χ3n) is 3.25. The Kier molecular flexibility index (Phi) is 5.42. The molecule has 0 amide bonds. The lowest BCUT2D eigenvalue weighted by molar-refractivity contribution is -0.0340. The molecule has 0 bridgehead atoms. The van der Waals surface area contributed by atoms with Gasteiger partial charge in [-0.2, -0.15) is 0 Å². The number of rotatable bonds is 6. The molecule has 21 heavy (non-hydrogen) atoms. The highest BCUT2D eigenvalue weighted by Crippen LogP contribution is 2.24. The second-order valence-electron chi connectivity index (χ2n) is 4.81. The summed E-state index contributed by atoms with van der Waals surface area (Å²) in [6.45, 7) is 2.30. The van der Waals surface area contributed by atoms with Crippen molar-refractivity contribution in [3.63, 3.8) is 0 Å². The van der Waals surface area contributed by atoms with E-state index in [1.54, 1.807) is 0 Å². The highest BCUT2D eigenvalue weighted by atomic mass is 19.2. The van der Waals surface area contributed by atoms with E-state index >= 15 is 0 Å². The predicted octanol–water partition coefficient (Wildman–Crippen LogP) is 3.65. The van der Waals surface area contributed by atoms with Crippen molar-refractivity contribution in [1.82, 2.24) is 0 Å². The van der Waals surface area contributed by atoms with Crippen LogP contribution in [0, 0.1) is 11.6 Å². The van der Waals surface area contributed by atoms with Crippen molar-refractivity contribution < 1.29 is 18.6 Å². The average molecular weight is 292 g/mol. The molecule has 2 unspecified atom stereocenters. The molecule has 2 atom stereocenters. The van der Waals surface area contributed by atoms with Crippen molar-refractivity contribution in [1.29, 1.82) is 0 Å². The van der Waals surface area contributed by atoms with Crippen LogP contribution in [0.1, 0.15) is 24.2 Å². The number of aliphatic hydroxyl groups is 1. The lowest BCUT2D eigenvalue weighted by atomic mass is 9.98. The van der Waals surface area contributed by atoms with Crippen LogP contribution in [0.5, 0.6) is 0 Å². The van der Waals surface area contributed by atoms with Gasteiger partial charge in [0.25, 0.3) is 0 Å². The minimum Gasteiger partial charge on any atom is -0.390 e. The van der Waals surface area contributed by atoms with Gasteiger partial charge in [-0.1, -0.05) is 36.4 Å². The van der Waals surface area contributed by atoms with E-state index < -0.39 is 23.8 Å². The molecule has 2 nitrogen and oxygen atoms in total.